The molecule has 0 spiro atoms. The summed E-state index contributed by atoms with van der Waals surface area (Å²) in [5.74, 6) is -2.38. The molecule has 0 bridgehead atoms. The van der Waals surface area contributed by atoms with E-state index in [9.17, 15) is 28.0 Å². The topological polar surface area (TPSA) is 250 Å². The Bertz CT molecular complexity index is 1850. The molecule has 0 saturated carbocycles. The van der Waals surface area contributed by atoms with Gasteiger partial charge in [0.15, 0.2) is 5.75 Å². The molecule has 0 aliphatic heterocycles. The highest BCUT2D eigenvalue weighted by Crippen LogP contribution is 2.39. The number of carboxylic acids is 1. The number of amidine groups is 1. The minimum atomic E-state index is -4.83. The van der Waals surface area contributed by atoms with E-state index in [-0.39, 0.29) is 39.3 Å². The fraction of sp³-hybridized carbons (Fsp3) is 0. The molecule has 0 radical (unpaired) electrons. The van der Waals surface area contributed by atoms with Crippen molar-refractivity contribution < 1.29 is 42.6 Å². The summed E-state index contributed by atoms with van der Waals surface area (Å²) in [4.78, 5) is 22.5. The van der Waals surface area contributed by atoms with E-state index in [0.29, 0.717) is 22.5 Å². The number of hydrogen-bond acceptors (Lipinski definition) is 15. The SMILES string of the molecule is O=C(O)c1ccc(SOOO)cc1N/N=C(\N=Nc1cc(S(=O)(=O)O)cc(Nc2nc(Cl)nc(Cl)n2)c1O)c1ccccc1. The van der Waals surface area contributed by atoms with Crippen LogP contribution < -0.4 is 10.7 Å². The first-order chi connectivity index (χ1) is 20.9. The molecule has 21 heteroatoms. The van der Waals surface area contributed by atoms with Gasteiger partial charge in [0.25, 0.3) is 10.1 Å². The first-order valence-corrected chi connectivity index (χ1v) is 14.4. The summed E-state index contributed by atoms with van der Waals surface area (Å²) in [6.45, 7) is 0. The Morgan fingerprint density at radius 2 is 1.68 bits per heavy atom. The standard InChI is InChI=1S/C23H16Cl2N8O9S2/c24-21-27-22(25)29-23(28-21)26-16-9-13(44(38,39)40)10-17(18(16)34)31-33-19(11-4-2-1-3-5-11)32-30-15-8-12(43-42-41-37)6-7-14(15)20(35)36/h1-10,30,34,37H,(H,35,36)(H,38,39,40)(H,26,27,28,29)/b32-19-,33-31?. The van der Waals surface area contributed by atoms with Gasteiger partial charge in [0, 0.05) is 10.5 Å². The molecule has 44 heavy (non-hydrogen) atoms. The summed E-state index contributed by atoms with van der Waals surface area (Å²) >= 11 is 12.1. The van der Waals surface area contributed by atoms with Crippen LogP contribution in [0.4, 0.5) is 23.0 Å². The van der Waals surface area contributed by atoms with Gasteiger partial charge in [0.05, 0.1) is 33.9 Å². The van der Waals surface area contributed by atoms with E-state index in [1.807, 2.05) is 0 Å². The lowest BCUT2D eigenvalue weighted by Gasteiger charge is -2.11. The second-order valence-electron chi connectivity index (χ2n) is 7.99. The van der Waals surface area contributed by atoms with Gasteiger partial charge in [0.2, 0.25) is 22.4 Å². The third-order valence-electron chi connectivity index (χ3n) is 5.14. The predicted molar refractivity (Wildman–Crippen MR) is 156 cm³/mol. The Morgan fingerprint density at radius 3 is 2.32 bits per heavy atom. The fourth-order valence-corrected chi connectivity index (χ4v) is 4.56. The number of nitrogens with zero attached hydrogens (tertiary/aromatic N) is 6. The highest BCUT2D eigenvalue weighted by molar-refractivity contribution is 7.94. The number of hydrazone groups is 1. The molecule has 228 valence electrons. The molecule has 17 nitrogen and oxygen atoms in total. The van der Waals surface area contributed by atoms with Crippen LogP contribution in [-0.2, 0) is 19.5 Å². The van der Waals surface area contributed by atoms with Crippen LogP contribution in [0, 0.1) is 0 Å². The van der Waals surface area contributed by atoms with Crippen molar-refractivity contribution in [2.24, 2.45) is 15.3 Å². The summed E-state index contributed by atoms with van der Waals surface area (Å²) in [5, 5.41) is 46.4. The number of anilines is 3. The maximum Gasteiger partial charge on any atom is 0.337 e. The second-order valence-corrected chi connectivity index (χ2v) is 10.9. The third-order valence-corrected chi connectivity index (χ3v) is 6.88. The van der Waals surface area contributed by atoms with E-state index < -0.39 is 32.4 Å². The van der Waals surface area contributed by atoms with Crippen molar-refractivity contribution in [3.05, 3.63) is 82.4 Å². The lowest BCUT2D eigenvalue weighted by atomic mass is 10.2. The smallest absolute Gasteiger partial charge is 0.337 e. The average Bonchev–Trinajstić information content (AvgIpc) is 2.97. The lowest BCUT2D eigenvalue weighted by Crippen LogP contribution is -2.06. The van der Waals surface area contributed by atoms with Crippen LogP contribution in [0.5, 0.6) is 5.75 Å². The number of aromatic nitrogens is 3. The summed E-state index contributed by atoms with van der Waals surface area (Å²) in [7, 11) is -4.83. The Balaban J connectivity index is 1.77. The van der Waals surface area contributed by atoms with Crippen LogP contribution in [0.2, 0.25) is 10.6 Å². The third kappa shape index (κ3) is 8.55. The zero-order valence-corrected chi connectivity index (χ0v) is 24.5. The maximum absolute atomic E-state index is 12.0. The first kappa shape index (κ1) is 32.4. The van der Waals surface area contributed by atoms with Gasteiger partial charge in [-0.15, -0.1) is 14.6 Å². The molecule has 3 aromatic carbocycles. The highest BCUT2D eigenvalue weighted by Gasteiger charge is 2.19. The number of aromatic carboxylic acids is 1. The zero-order chi connectivity index (χ0) is 31.9. The van der Waals surface area contributed by atoms with E-state index >= 15 is 0 Å². The molecule has 1 aromatic heterocycles. The molecule has 6 N–H and O–H groups in total. The van der Waals surface area contributed by atoms with Crippen LogP contribution in [0.15, 0.2) is 85.8 Å². The number of halogens is 2. The molecule has 0 amide bonds. The van der Waals surface area contributed by atoms with Gasteiger partial charge in [-0.2, -0.15) is 28.5 Å². The Morgan fingerprint density at radius 1 is 0.977 bits per heavy atom. The number of phenols is 1. The van der Waals surface area contributed by atoms with Gasteiger partial charge in [-0.05, 0) is 53.5 Å². The second kappa shape index (κ2) is 14.3. The number of benzene rings is 3. The molecule has 4 aromatic rings. The van der Waals surface area contributed by atoms with Crippen LogP contribution in [-0.4, -0.2) is 55.2 Å². The van der Waals surface area contributed by atoms with Crippen molar-refractivity contribution in [2.75, 3.05) is 10.7 Å². The molecule has 0 aliphatic rings. The Kier molecular flexibility index (Phi) is 10.6. The maximum atomic E-state index is 12.0. The highest BCUT2D eigenvalue weighted by atomic mass is 35.5. The number of carboxylic acid groups (broad SMARTS) is 1. The molecule has 4 rings (SSSR count). The van der Waals surface area contributed by atoms with Gasteiger partial charge in [-0.1, -0.05) is 35.4 Å². The van der Waals surface area contributed by atoms with Gasteiger partial charge >= 0.3 is 5.97 Å². The van der Waals surface area contributed by atoms with Crippen LogP contribution >= 0.6 is 35.2 Å². The Labute approximate surface area is 261 Å². The van der Waals surface area contributed by atoms with Crippen LogP contribution in [0.3, 0.4) is 0 Å². The van der Waals surface area contributed by atoms with Crippen molar-refractivity contribution in [2.45, 2.75) is 9.79 Å². The average molecular weight is 683 g/mol. The van der Waals surface area contributed by atoms with E-state index in [4.69, 9.17) is 28.5 Å². The fourth-order valence-electron chi connectivity index (χ4n) is 3.27. The van der Waals surface area contributed by atoms with Crippen molar-refractivity contribution in [3.63, 3.8) is 0 Å². The van der Waals surface area contributed by atoms with Gasteiger partial charge in [-0.3, -0.25) is 9.98 Å². The van der Waals surface area contributed by atoms with Crippen molar-refractivity contribution in [3.8, 4) is 5.75 Å². The molecule has 0 saturated heterocycles. The van der Waals surface area contributed by atoms with Gasteiger partial charge < -0.3 is 15.5 Å². The van der Waals surface area contributed by atoms with E-state index in [2.05, 4.69) is 50.4 Å². The van der Waals surface area contributed by atoms with Crippen molar-refractivity contribution >= 4 is 80.2 Å². The predicted octanol–water partition coefficient (Wildman–Crippen LogP) is 5.56. The molecule has 0 aliphatic carbocycles. The first-order valence-electron chi connectivity index (χ1n) is 11.5. The Hall–Kier alpha value is -4.47. The lowest BCUT2D eigenvalue weighted by molar-refractivity contribution is -0.432. The van der Waals surface area contributed by atoms with E-state index in [1.54, 1.807) is 30.3 Å². The number of hydrogen-bond donors (Lipinski definition) is 6. The monoisotopic (exact) mass is 682 g/mol. The number of carbonyl (C=O) groups is 1. The van der Waals surface area contributed by atoms with Crippen LogP contribution in [0.25, 0.3) is 0 Å². The number of azo groups is 1. The van der Waals surface area contributed by atoms with Gasteiger partial charge in [-0.25, -0.2) is 10.1 Å². The molecule has 1 heterocycles. The normalized spacial score (nSPS) is 12.0. The zero-order valence-electron chi connectivity index (χ0n) is 21.4. The molecule has 0 fully saturated rings. The van der Waals surface area contributed by atoms with Crippen molar-refractivity contribution in [1.29, 1.82) is 0 Å². The summed E-state index contributed by atoms with van der Waals surface area (Å²) < 4.78 is 38.0. The number of nitrogens with one attached hydrogen (secondary N) is 2. The quantitative estimate of drug-likeness (QED) is 0.0165. The summed E-state index contributed by atoms with van der Waals surface area (Å²) in [5.41, 5.74) is 1.93. The van der Waals surface area contributed by atoms with Crippen molar-refractivity contribution in [1.82, 2.24) is 15.0 Å². The summed E-state index contributed by atoms with van der Waals surface area (Å²) in [6.07, 6.45) is 0. The van der Waals surface area contributed by atoms with E-state index in [1.165, 1.54) is 18.2 Å². The molecular weight excluding hydrogens is 667 g/mol. The largest absolute Gasteiger partial charge is 0.504 e. The number of rotatable bonds is 11. The van der Waals surface area contributed by atoms with Gasteiger partial charge in [0.1, 0.15) is 5.69 Å². The molecule has 0 atom stereocenters. The summed E-state index contributed by atoms with van der Waals surface area (Å²) in [6, 6.07) is 13.8. The molecular formula is C23H16Cl2N8O9S2. The number of aromatic hydroxyl groups is 1. The minimum Gasteiger partial charge on any atom is -0.504 e. The van der Waals surface area contributed by atoms with Crippen LogP contribution in [0.1, 0.15) is 15.9 Å². The van der Waals surface area contributed by atoms with E-state index in [0.717, 1.165) is 12.1 Å². The molecule has 0 unspecified atom stereocenters. The number of phenolic OH excluding ortho intramolecular Hbond substituents is 1. The minimum absolute atomic E-state index is 0.0231.